The summed E-state index contributed by atoms with van der Waals surface area (Å²) in [6.45, 7) is 3.61. The maximum Gasteiger partial charge on any atom is 0.276 e. The summed E-state index contributed by atoms with van der Waals surface area (Å²) in [5, 5.41) is 16.4. The van der Waals surface area contributed by atoms with Crippen LogP contribution in [0.2, 0.25) is 0 Å². The Kier molecular flexibility index (Phi) is 3.06. The van der Waals surface area contributed by atoms with Gasteiger partial charge in [-0.1, -0.05) is 0 Å². The number of carbonyl (C=O) groups excluding carboxylic acids is 1. The quantitative estimate of drug-likeness (QED) is 0.795. The Morgan fingerprint density at radius 1 is 1.33 bits per heavy atom. The molecule has 1 heterocycles. The zero-order chi connectivity index (χ0) is 13.3. The number of aromatic hydroxyl groups is 1. The Hall–Kier alpha value is -2.30. The van der Waals surface area contributed by atoms with Crippen LogP contribution in [-0.4, -0.2) is 20.8 Å². The van der Waals surface area contributed by atoms with Crippen LogP contribution in [0.4, 0.5) is 5.69 Å². The predicted molar refractivity (Wildman–Crippen MR) is 68.7 cm³/mol. The van der Waals surface area contributed by atoms with E-state index in [9.17, 15) is 9.90 Å². The summed E-state index contributed by atoms with van der Waals surface area (Å²) < 4.78 is 1.57. The van der Waals surface area contributed by atoms with Gasteiger partial charge in [0.2, 0.25) is 0 Å². The Labute approximate surface area is 105 Å². The van der Waals surface area contributed by atoms with Crippen molar-refractivity contribution in [3.8, 4) is 5.75 Å². The number of amides is 1. The van der Waals surface area contributed by atoms with Crippen LogP contribution in [0, 0.1) is 13.8 Å². The molecule has 1 aromatic carbocycles. The van der Waals surface area contributed by atoms with Crippen molar-refractivity contribution in [1.29, 1.82) is 0 Å². The van der Waals surface area contributed by atoms with E-state index in [1.807, 2.05) is 6.92 Å². The van der Waals surface area contributed by atoms with Gasteiger partial charge in [0, 0.05) is 18.9 Å². The van der Waals surface area contributed by atoms with E-state index >= 15 is 0 Å². The smallest absolute Gasteiger partial charge is 0.276 e. The SMILES string of the molecule is Cc1cc(NC(=O)c2ccn(C)n2)c(C)cc1O. The second kappa shape index (κ2) is 4.52. The monoisotopic (exact) mass is 245 g/mol. The molecule has 0 aliphatic rings. The van der Waals surface area contributed by atoms with Crippen molar-refractivity contribution in [3.63, 3.8) is 0 Å². The number of anilines is 1. The maximum atomic E-state index is 11.9. The molecule has 0 atom stereocenters. The lowest BCUT2D eigenvalue weighted by Crippen LogP contribution is -2.14. The van der Waals surface area contributed by atoms with Crippen LogP contribution in [-0.2, 0) is 7.05 Å². The van der Waals surface area contributed by atoms with Gasteiger partial charge >= 0.3 is 0 Å². The van der Waals surface area contributed by atoms with Gasteiger partial charge in [-0.15, -0.1) is 0 Å². The van der Waals surface area contributed by atoms with Crippen LogP contribution in [0.3, 0.4) is 0 Å². The molecule has 0 fully saturated rings. The van der Waals surface area contributed by atoms with E-state index in [0.717, 1.165) is 11.1 Å². The van der Waals surface area contributed by atoms with Crippen molar-refractivity contribution >= 4 is 11.6 Å². The summed E-state index contributed by atoms with van der Waals surface area (Å²) in [4.78, 5) is 11.9. The van der Waals surface area contributed by atoms with E-state index in [2.05, 4.69) is 10.4 Å². The number of hydrogen-bond donors (Lipinski definition) is 2. The van der Waals surface area contributed by atoms with E-state index in [-0.39, 0.29) is 11.7 Å². The van der Waals surface area contributed by atoms with Crippen molar-refractivity contribution in [2.45, 2.75) is 13.8 Å². The highest BCUT2D eigenvalue weighted by Crippen LogP contribution is 2.25. The van der Waals surface area contributed by atoms with E-state index in [0.29, 0.717) is 11.4 Å². The van der Waals surface area contributed by atoms with Crippen LogP contribution in [0.15, 0.2) is 24.4 Å². The standard InChI is InChI=1S/C13H15N3O2/c1-8-7-12(17)9(2)6-11(8)14-13(18)10-4-5-16(3)15-10/h4-7,17H,1-3H3,(H,14,18). The lowest BCUT2D eigenvalue weighted by atomic mass is 10.1. The molecule has 0 unspecified atom stereocenters. The minimum Gasteiger partial charge on any atom is -0.508 e. The van der Waals surface area contributed by atoms with Crippen molar-refractivity contribution in [2.75, 3.05) is 5.32 Å². The Morgan fingerprint density at radius 3 is 2.67 bits per heavy atom. The normalized spacial score (nSPS) is 10.4. The fourth-order valence-electron chi connectivity index (χ4n) is 1.66. The summed E-state index contributed by atoms with van der Waals surface area (Å²) >= 11 is 0. The molecule has 18 heavy (non-hydrogen) atoms. The molecular weight excluding hydrogens is 230 g/mol. The van der Waals surface area contributed by atoms with Crippen molar-refractivity contribution in [3.05, 3.63) is 41.2 Å². The van der Waals surface area contributed by atoms with Gasteiger partial charge < -0.3 is 10.4 Å². The number of benzene rings is 1. The molecule has 94 valence electrons. The van der Waals surface area contributed by atoms with Gasteiger partial charge in [0.15, 0.2) is 5.69 Å². The Bertz CT molecular complexity index is 602. The number of phenols is 1. The maximum absolute atomic E-state index is 11.9. The van der Waals surface area contributed by atoms with E-state index in [1.54, 1.807) is 43.0 Å². The lowest BCUT2D eigenvalue weighted by Gasteiger charge is -2.09. The highest BCUT2D eigenvalue weighted by Gasteiger charge is 2.11. The predicted octanol–water partition coefficient (Wildman–Crippen LogP) is 1.99. The van der Waals surface area contributed by atoms with Crippen LogP contribution in [0.5, 0.6) is 5.75 Å². The zero-order valence-electron chi connectivity index (χ0n) is 10.6. The molecule has 0 saturated carbocycles. The third-order valence-corrected chi connectivity index (χ3v) is 2.74. The summed E-state index contributed by atoms with van der Waals surface area (Å²) in [6.07, 6.45) is 1.71. The number of rotatable bonds is 2. The molecule has 2 N–H and O–H groups in total. The topological polar surface area (TPSA) is 67.2 Å². The first-order chi connectivity index (χ1) is 8.47. The third-order valence-electron chi connectivity index (χ3n) is 2.74. The Morgan fingerprint density at radius 2 is 2.06 bits per heavy atom. The van der Waals surface area contributed by atoms with Gasteiger partial charge in [-0.2, -0.15) is 5.10 Å². The number of aromatic nitrogens is 2. The molecular formula is C13H15N3O2. The van der Waals surface area contributed by atoms with E-state index < -0.39 is 0 Å². The summed E-state index contributed by atoms with van der Waals surface area (Å²) in [5.74, 6) is -0.0351. The minimum atomic E-state index is -0.260. The number of aryl methyl sites for hydroxylation is 3. The molecule has 5 nitrogen and oxygen atoms in total. The molecule has 0 radical (unpaired) electrons. The molecule has 0 aliphatic heterocycles. The van der Waals surface area contributed by atoms with Gasteiger partial charge in [-0.3, -0.25) is 9.48 Å². The van der Waals surface area contributed by atoms with E-state index in [4.69, 9.17) is 0 Å². The van der Waals surface area contributed by atoms with Crippen LogP contribution in [0.1, 0.15) is 21.6 Å². The highest BCUT2D eigenvalue weighted by molar-refractivity contribution is 6.03. The molecule has 0 aliphatic carbocycles. The number of phenolic OH excluding ortho intramolecular Hbond substituents is 1. The fraction of sp³-hybridized carbons (Fsp3) is 0.231. The van der Waals surface area contributed by atoms with Gasteiger partial charge in [0.05, 0.1) is 0 Å². The van der Waals surface area contributed by atoms with Gasteiger partial charge in [-0.25, -0.2) is 0 Å². The first-order valence-electron chi connectivity index (χ1n) is 5.58. The Balaban J connectivity index is 2.24. The van der Waals surface area contributed by atoms with Crippen molar-refractivity contribution < 1.29 is 9.90 Å². The number of nitrogens with one attached hydrogen (secondary N) is 1. The number of carbonyl (C=O) groups is 1. The van der Waals surface area contributed by atoms with Gasteiger partial charge in [0.1, 0.15) is 5.75 Å². The molecule has 0 spiro atoms. The summed E-state index contributed by atoms with van der Waals surface area (Å²) in [5.41, 5.74) is 2.57. The second-order valence-electron chi connectivity index (χ2n) is 4.28. The van der Waals surface area contributed by atoms with Gasteiger partial charge in [-0.05, 0) is 43.2 Å². The average Bonchev–Trinajstić information content (AvgIpc) is 2.73. The first kappa shape index (κ1) is 12.2. The molecule has 1 amide bonds. The summed E-state index contributed by atoms with van der Waals surface area (Å²) in [7, 11) is 1.76. The van der Waals surface area contributed by atoms with E-state index in [1.165, 1.54) is 0 Å². The minimum absolute atomic E-state index is 0.225. The lowest BCUT2D eigenvalue weighted by molar-refractivity contribution is 0.102. The zero-order valence-corrected chi connectivity index (χ0v) is 10.6. The molecule has 0 saturated heterocycles. The molecule has 5 heteroatoms. The largest absolute Gasteiger partial charge is 0.508 e. The van der Waals surface area contributed by atoms with Gasteiger partial charge in [0.25, 0.3) is 5.91 Å². The second-order valence-corrected chi connectivity index (χ2v) is 4.28. The van der Waals surface area contributed by atoms with Crippen LogP contribution in [0.25, 0.3) is 0 Å². The molecule has 2 rings (SSSR count). The molecule has 2 aromatic rings. The third kappa shape index (κ3) is 2.34. The number of nitrogens with zero attached hydrogens (tertiary/aromatic N) is 2. The fourth-order valence-corrected chi connectivity index (χ4v) is 1.66. The molecule has 0 bridgehead atoms. The van der Waals surface area contributed by atoms with Crippen LogP contribution >= 0.6 is 0 Å². The van der Waals surface area contributed by atoms with Crippen molar-refractivity contribution in [1.82, 2.24) is 9.78 Å². The summed E-state index contributed by atoms with van der Waals surface area (Å²) in [6, 6.07) is 5.02. The average molecular weight is 245 g/mol. The first-order valence-corrected chi connectivity index (χ1v) is 5.58. The van der Waals surface area contributed by atoms with Crippen molar-refractivity contribution in [2.24, 2.45) is 7.05 Å². The molecule has 1 aromatic heterocycles. The van der Waals surface area contributed by atoms with Crippen LogP contribution < -0.4 is 5.32 Å². The number of hydrogen-bond acceptors (Lipinski definition) is 3. The highest BCUT2D eigenvalue weighted by atomic mass is 16.3.